The third-order valence-electron chi connectivity index (χ3n) is 2.46. The third-order valence-corrected chi connectivity index (χ3v) is 2.46. The van der Waals surface area contributed by atoms with Crippen LogP contribution in [0.1, 0.15) is 13.8 Å². The Morgan fingerprint density at radius 1 is 1.50 bits per heavy atom. The van der Waals surface area contributed by atoms with E-state index >= 15 is 0 Å². The molecule has 0 bridgehead atoms. The topological polar surface area (TPSA) is 73.6 Å². The molecule has 0 saturated carbocycles. The Morgan fingerprint density at radius 3 is 2.78 bits per heavy atom. The van der Waals surface area contributed by atoms with Gasteiger partial charge in [0.05, 0.1) is 17.6 Å². The van der Waals surface area contributed by atoms with Crippen molar-refractivity contribution in [2.24, 2.45) is 0 Å². The highest BCUT2D eigenvalue weighted by molar-refractivity contribution is 5.68. The molecule has 1 atom stereocenters. The Bertz CT molecular complexity index is 409. The molecular formula is C12H18N2O4. The Labute approximate surface area is 106 Å². The second-order valence-electron chi connectivity index (χ2n) is 3.77. The van der Waals surface area contributed by atoms with Crippen LogP contribution >= 0.6 is 0 Å². The average Bonchev–Trinajstić information content (AvgIpc) is 2.36. The Hall–Kier alpha value is -1.82. The highest BCUT2D eigenvalue weighted by Crippen LogP contribution is 2.34. The van der Waals surface area contributed by atoms with Gasteiger partial charge in [0.2, 0.25) is 0 Å². The molecule has 1 unspecified atom stereocenters. The van der Waals surface area contributed by atoms with Gasteiger partial charge in [0.25, 0.3) is 0 Å². The van der Waals surface area contributed by atoms with E-state index in [0.29, 0.717) is 18.8 Å². The van der Waals surface area contributed by atoms with Crippen molar-refractivity contribution >= 4 is 11.4 Å². The van der Waals surface area contributed by atoms with Gasteiger partial charge in [0.15, 0.2) is 5.75 Å². The van der Waals surface area contributed by atoms with Crippen molar-refractivity contribution < 1.29 is 14.4 Å². The van der Waals surface area contributed by atoms with E-state index < -0.39 is 4.92 Å². The summed E-state index contributed by atoms with van der Waals surface area (Å²) in [7, 11) is 1.59. The monoisotopic (exact) mass is 254 g/mol. The molecule has 100 valence electrons. The number of nitro benzene ring substituents is 1. The predicted molar refractivity (Wildman–Crippen MR) is 69.2 cm³/mol. The van der Waals surface area contributed by atoms with Crippen LogP contribution in [0.25, 0.3) is 0 Å². The zero-order valence-electron chi connectivity index (χ0n) is 10.8. The summed E-state index contributed by atoms with van der Waals surface area (Å²) < 4.78 is 10.3. The highest BCUT2D eigenvalue weighted by Gasteiger charge is 2.20. The first-order chi connectivity index (χ1) is 8.60. The van der Waals surface area contributed by atoms with Crippen molar-refractivity contribution in [2.75, 3.05) is 25.6 Å². The summed E-state index contributed by atoms with van der Waals surface area (Å²) in [6.45, 7) is 4.55. The van der Waals surface area contributed by atoms with Gasteiger partial charge in [-0.3, -0.25) is 10.1 Å². The van der Waals surface area contributed by atoms with Crippen LogP contribution in [0.4, 0.5) is 11.4 Å². The number of para-hydroxylation sites is 1. The van der Waals surface area contributed by atoms with Crippen molar-refractivity contribution in [1.82, 2.24) is 0 Å². The molecule has 0 aliphatic heterocycles. The third kappa shape index (κ3) is 3.59. The first-order valence-electron chi connectivity index (χ1n) is 5.77. The van der Waals surface area contributed by atoms with E-state index in [4.69, 9.17) is 9.47 Å². The average molecular weight is 254 g/mol. The van der Waals surface area contributed by atoms with Gasteiger partial charge in [0.1, 0.15) is 5.69 Å². The molecule has 0 spiro atoms. The smallest absolute Gasteiger partial charge is 0.333 e. The number of nitrogens with one attached hydrogen (secondary N) is 1. The second-order valence-corrected chi connectivity index (χ2v) is 3.77. The van der Waals surface area contributed by atoms with Crippen LogP contribution < -0.4 is 10.1 Å². The maximum absolute atomic E-state index is 11.1. The van der Waals surface area contributed by atoms with E-state index in [-0.39, 0.29) is 17.5 Å². The lowest BCUT2D eigenvalue weighted by atomic mass is 10.2. The standard InChI is InChI=1S/C12H18N2O4/c1-4-18-11-7-5-6-10(12(11)14(15)16)13-8-9(2)17-3/h5-7,9,13H,4,8H2,1-3H3. The van der Waals surface area contributed by atoms with Crippen LogP contribution in [0.2, 0.25) is 0 Å². The Morgan fingerprint density at radius 2 is 2.22 bits per heavy atom. The quantitative estimate of drug-likeness (QED) is 0.597. The molecular weight excluding hydrogens is 236 g/mol. The van der Waals surface area contributed by atoms with E-state index in [9.17, 15) is 10.1 Å². The number of anilines is 1. The molecule has 0 aliphatic carbocycles. The van der Waals surface area contributed by atoms with Crippen LogP contribution in [0.15, 0.2) is 18.2 Å². The number of rotatable bonds is 7. The molecule has 18 heavy (non-hydrogen) atoms. The summed E-state index contributed by atoms with van der Waals surface area (Å²) in [5.41, 5.74) is 0.400. The molecule has 0 saturated heterocycles. The van der Waals surface area contributed by atoms with Gasteiger partial charge in [-0.15, -0.1) is 0 Å². The fourth-order valence-electron chi connectivity index (χ4n) is 1.46. The molecule has 1 aromatic rings. The zero-order chi connectivity index (χ0) is 13.5. The lowest BCUT2D eigenvalue weighted by molar-refractivity contribution is -0.384. The summed E-state index contributed by atoms with van der Waals surface area (Å²) in [5, 5.41) is 14.1. The molecule has 0 aromatic heterocycles. The fourth-order valence-corrected chi connectivity index (χ4v) is 1.46. The number of ether oxygens (including phenoxy) is 2. The van der Waals surface area contributed by atoms with Crippen molar-refractivity contribution in [3.05, 3.63) is 28.3 Å². The van der Waals surface area contributed by atoms with Gasteiger partial charge in [0, 0.05) is 13.7 Å². The summed E-state index contributed by atoms with van der Waals surface area (Å²) in [5.74, 6) is 0.276. The van der Waals surface area contributed by atoms with Crippen LogP contribution in [0.3, 0.4) is 0 Å². The maximum Gasteiger partial charge on any atom is 0.333 e. The number of nitro groups is 1. The van der Waals surface area contributed by atoms with Crippen molar-refractivity contribution in [1.29, 1.82) is 0 Å². The minimum atomic E-state index is -0.440. The fraction of sp³-hybridized carbons (Fsp3) is 0.500. The molecule has 1 N–H and O–H groups in total. The lowest BCUT2D eigenvalue weighted by Crippen LogP contribution is -2.18. The molecule has 6 heteroatoms. The molecule has 0 radical (unpaired) electrons. The first-order valence-corrected chi connectivity index (χ1v) is 5.77. The normalized spacial score (nSPS) is 11.9. The second kappa shape index (κ2) is 6.80. The van der Waals surface area contributed by atoms with Gasteiger partial charge >= 0.3 is 5.69 Å². The maximum atomic E-state index is 11.1. The molecule has 0 fully saturated rings. The van der Waals surface area contributed by atoms with Crippen LogP contribution in [-0.2, 0) is 4.74 Å². The minimum absolute atomic E-state index is 0.0275. The van der Waals surface area contributed by atoms with E-state index in [0.717, 1.165) is 0 Å². The largest absolute Gasteiger partial charge is 0.487 e. The molecule has 6 nitrogen and oxygen atoms in total. The molecule has 1 rings (SSSR count). The SMILES string of the molecule is CCOc1cccc(NCC(C)OC)c1[N+](=O)[O-]. The summed E-state index contributed by atoms with van der Waals surface area (Å²) >= 11 is 0. The van der Waals surface area contributed by atoms with E-state index in [1.54, 1.807) is 32.2 Å². The van der Waals surface area contributed by atoms with Crippen LogP contribution in [0.5, 0.6) is 5.75 Å². The molecule has 1 aromatic carbocycles. The van der Waals surface area contributed by atoms with Gasteiger partial charge < -0.3 is 14.8 Å². The number of benzene rings is 1. The number of nitrogens with zero attached hydrogens (tertiary/aromatic N) is 1. The number of hydrogen-bond donors (Lipinski definition) is 1. The highest BCUT2D eigenvalue weighted by atomic mass is 16.6. The molecule has 0 amide bonds. The summed E-state index contributed by atoms with van der Waals surface area (Å²) in [4.78, 5) is 10.6. The van der Waals surface area contributed by atoms with E-state index in [2.05, 4.69) is 5.32 Å². The lowest BCUT2D eigenvalue weighted by Gasteiger charge is -2.13. The molecule has 0 heterocycles. The van der Waals surface area contributed by atoms with Gasteiger partial charge in [-0.05, 0) is 26.0 Å². The Balaban J connectivity index is 2.95. The zero-order valence-corrected chi connectivity index (χ0v) is 10.8. The number of hydrogen-bond acceptors (Lipinski definition) is 5. The minimum Gasteiger partial charge on any atom is -0.487 e. The van der Waals surface area contributed by atoms with Crippen LogP contribution in [-0.4, -0.2) is 31.3 Å². The van der Waals surface area contributed by atoms with E-state index in [1.807, 2.05) is 6.92 Å². The van der Waals surface area contributed by atoms with Crippen LogP contribution in [0, 0.1) is 10.1 Å². The summed E-state index contributed by atoms with van der Waals surface area (Å²) in [6.07, 6.45) is -0.0275. The van der Waals surface area contributed by atoms with Gasteiger partial charge in [-0.1, -0.05) is 6.07 Å². The predicted octanol–water partition coefficient (Wildman–Crippen LogP) is 2.44. The van der Waals surface area contributed by atoms with Gasteiger partial charge in [-0.2, -0.15) is 0 Å². The van der Waals surface area contributed by atoms with E-state index in [1.165, 1.54) is 0 Å². The Kier molecular flexibility index (Phi) is 5.38. The van der Waals surface area contributed by atoms with Crippen molar-refractivity contribution in [2.45, 2.75) is 20.0 Å². The van der Waals surface area contributed by atoms with Crippen molar-refractivity contribution in [3.63, 3.8) is 0 Å². The first kappa shape index (κ1) is 14.2. The summed E-state index contributed by atoms with van der Waals surface area (Å²) in [6, 6.07) is 4.97. The van der Waals surface area contributed by atoms with Crippen molar-refractivity contribution in [3.8, 4) is 5.75 Å². The van der Waals surface area contributed by atoms with Gasteiger partial charge in [-0.25, -0.2) is 0 Å². The number of methoxy groups -OCH3 is 1. The molecule has 0 aliphatic rings.